The molecule has 1 aliphatic carbocycles. The summed E-state index contributed by atoms with van der Waals surface area (Å²) in [5, 5.41) is 21.2. The molecule has 0 atom stereocenters. The molecule has 5 heteroatoms. The molecule has 1 saturated carbocycles. The maximum atomic E-state index is 9.96. The van der Waals surface area contributed by atoms with Gasteiger partial charge in [-0.1, -0.05) is 13.8 Å². The van der Waals surface area contributed by atoms with Crippen LogP contribution >= 0.6 is 0 Å². The molecule has 1 fully saturated rings. The lowest BCUT2D eigenvalue weighted by Crippen LogP contribution is -2.43. The summed E-state index contributed by atoms with van der Waals surface area (Å²) in [6.45, 7) is 4.63. The molecule has 0 amide bonds. The Labute approximate surface area is 102 Å². The second-order valence-corrected chi connectivity index (χ2v) is 4.67. The third-order valence-electron chi connectivity index (χ3n) is 3.37. The monoisotopic (exact) mass is 236 g/mol. The van der Waals surface area contributed by atoms with Gasteiger partial charge in [-0.2, -0.15) is 5.10 Å². The van der Waals surface area contributed by atoms with Gasteiger partial charge in [0.15, 0.2) is 0 Å². The molecule has 0 saturated heterocycles. The molecule has 0 unspecified atom stereocenters. The van der Waals surface area contributed by atoms with E-state index in [0.29, 0.717) is 12.5 Å². The first kappa shape index (κ1) is 12.2. The van der Waals surface area contributed by atoms with Gasteiger partial charge in [0.2, 0.25) is 5.95 Å². The molecule has 1 aromatic heterocycles. The number of aromatic nitrogens is 3. The molecular formula is C12H20N4O. The van der Waals surface area contributed by atoms with Crippen LogP contribution in [0.2, 0.25) is 0 Å². The molecule has 1 heterocycles. The van der Waals surface area contributed by atoms with Gasteiger partial charge in [0.05, 0.1) is 17.0 Å². The van der Waals surface area contributed by atoms with E-state index in [0.717, 1.165) is 43.5 Å². The molecule has 17 heavy (non-hydrogen) atoms. The molecule has 0 aliphatic heterocycles. The van der Waals surface area contributed by atoms with Crippen molar-refractivity contribution in [3.8, 4) is 0 Å². The molecule has 2 rings (SSSR count). The van der Waals surface area contributed by atoms with Gasteiger partial charge in [0, 0.05) is 6.54 Å². The molecule has 2 N–H and O–H groups in total. The van der Waals surface area contributed by atoms with Crippen molar-refractivity contribution in [1.29, 1.82) is 0 Å². The van der Waals surface area contributed by atoms with Crippen LogP contribution in [-0.4, -0.2) is 32.4 Å². The second-order valence-electron chi connectivity index (χ2n) is 4.67. The fourth-order valence-electron chi connectivity index (χ4n) is 2.02. The zero-order valence-electron chi connectivity index (χ0n) is 10.5. The van der Waals surface area contributed by atoms with E-state index in [4.69, 9.17) is 0 Å². The fourth-order valence-corrected chi connectivity index (χ4v) is 2.02. The van der Waals surface area contributed by atoms with Gasteiger partial charge in [-0.15, -0.1) is 5.10 Å². The van der Waals surface area contributed by atoms with E-state index in [-0.39, 0.29) is 0 Å². The molecule has 1 aromatic rings. The summed E-state index contributed by atoms with van der Waals surface area (Å²) in [5.74, 6) is 0.527. The highest BCUT2D eigenvalue weighted by Gasteiger charge is 2.34. The van der Waals surface area contributed by atoms with Crippen molar-refractivity contribution >= 4 is 5.95 Å². The number of hydrogen-bond acceptors (Lipinski definition) is 5. The first-order valence-electron chi connectivity index (χ1n) is 6.35. The summed E-state index contributed by atoms with van der Waals surface area (Å²) in [6, 6.07) is 0. The van der Waals surface area contributed by atoms with Crippen molar-refractivity contribution < 1.29 is 5.11 Å². The lowest BCUT2D eigenvalue weighted by atomic mass is 9.80. The van der Waals surface area contributed by atoms with Crippen LogP contribution < -0.4 is 5.32 Å². The molecule has 0 aromatic carbocycles. The SMILES string of the molecule is CCc1nnc(NCC2(O)CCC2)nc1CC. The summed E-state index contributed by atoms with van der Waals surface area (Å²) < 4.78 is 0. The van der Waals surface area contributed by atoms with E-state index >= 15 is 0 Å². The average Bonchev–Trinajstić information content (AvgIpc) is 2.33. The molecule has 0 bridgehead atoms. The van der Waals surface area contributed by atoms with Crippen LogP contribution in [0.5, 0.6) is 0 Å². The maximum absolute atomic E-state index is 9.96. The Morgan fingerprint density at radius 2 is 1.88 bits per heavy atom. The smallest absolute Gasteiger partial charge is 0.243 e. The van der Waals surface area contributed by atoms with E-state index in [9.17, 15) is 5.11 Å². The Morgan fingerprint density at radius 3 is 2.41 bits per heavy atom. The van der Waals surface area contributed by atoms with Crippen LogP contribution in [0.4, 0.5) is 5.95 Å². The van der Waals surface area contributed by atoms with Crippen molar-refractivity contribution in [3.05, 3.63) is 11.4 Å². The normalized spacial score (nSPS) is 17.6. The standard InChI is InChI=1S/C12H20N4O/c1-3-9-10(4-2)15-16-11(14-9)13-8-12(17)6-5-7-12/h17H,3-8H2,1-2H3,(H,13,14,16). The summed E-state index contributed by atoms with van der Waals surface area (Å²) in [5.41, 5.74) is 1.39. The molecule has 94 valence electrons. The van der Waals surface area contributed by atoms with E-state index < -0.39 is 5.60 Å². The maximum Gasteiger partial charge on any atom is 0.243 e. The van der Waals surface area contributed by atoms with Gasteiger partial charge in [-0.3, -0.25) is 0 Å². The zero-order chi connectivity index (χ0) is 12.3. The first-order valence-corrected chi connectivity index (χ1v) is 6.35. The Balaban J connectivity index is 2.01. The van der Waals surface area contributed by atoms with Crippen molar-refractivity contribution in [2.75, 3.05) is 11.9 Å². The molecular weight excluding hydrogens is 216 g/mol. The highest BCUT2D eigenvalue weighted by atomic mass is 16.3. The molecule has 1 aliphatic rings. The number of nitrogens with zero attached hydrogens (tertiary/aromatic N) is 3. The van der Waals surface area contributed by atoms with Gasteiger partial charge in [0.1, 0.15) is 0 Å². The van der Waals surface area contributed by atoms with E-state index in [1.54, 1.807) is 0 Å². The second kappa shape index (κ2) is 4.96. The van der Waals surface area contributed by atoms with Crippen LogP contribution in [0.25, 0.3) is 0 Å². The Kier molecular flexibility index (Phi) is 3.57. The number of nitrogens with one attached hydrogen (secondary N) is 1. The van der Waals surface area contributed by atoms with E-state index in [1.807, 2.05) is 0 Å². The van der Waals surface area contributed by atoms with E-state index in [1.165, 1.54) is 0 Å². The fraction of sp³-hybridized carbons (Fsp3) is 0.750. The van der Waals surface area contributed by atoms with Gasteiger partial charge in [0.25, 0.3) is 0 Å². The Morgan fingerprint density at radius 1 is 1.18 bits per heavy atom. The van der Waals surface area contributed by atoms with Crippen molar-refractivity contribution in [2.45, 2.75) is 51.6 Å². The number of anilines is 1. The minimum absolute atomic E-state index is 0.517. The molecule has 0 radical (unpaired) electrons. The minimum atomic E-state index is -0.556. The van der Waals surface area contributed by atoms with Crippen LogP contribution in [0.15, 0.2) is 0 Å². The quantitative estimate of drug-likeness (QED) is 0.807. The van der Waals surface area contributed by atoms with Gasteiger partial charge in [-0.05, 0) is 32.1 Å². The van der Waals surface area contributed by atoms with Crippen LogP contribution in [-0.2, 0) is 12.8 Å². The van der Waals surface area contributed by atoms with Crippen LogP contribution in [0, 0.1) is 0 Å². The predicted molar refractivity (Wildman–Crippen MR) is 65.9 cm³/mol. The minimum Gasteiger partial charge on any atom is -0.388 e. The Bertz CT molecular complexity index is 390. The highest BCUT2D eigenvalue weighted by Crippen LogP contribution is 2.31. The molecule has 0 spiro atoms. The number of aliphatic hydroxyl groups is 1. The lowest BCUT2D eigenvalue weighted by Gasteiger charge is -2.36. The third kappa shape index (κ3) is 2.72. The largest absolute Gasteiger partial charge is 0.388 e. The van der Waals surface area contributed by atoms with Crippen molar-refractivity contribution in [2.24, 2.45) is 0 Å². The van der Waals surface area contributed by atoms with Crippen molar-refractivity contribution in [3.63, 3.8) is 0 Å². The van der Waals surface area contributed by atoms with Gasteiger partial charge < -0.3 is 10.4 Å². The van der Waals surface area contributed by atoms with Crippen LogP contribution in [0.1, 0.15) is 44.5 Å². The van der Waals surface area contributed by atoms with Crippen LogP contribution in [0.3, 0.4) is 0 Å². The van der Waals surface area contributed by atoms with Gasteiger partial charge in [-0.25, -0.2) is 4.98 Å². The first-order chi connectivity index (χ1) is 8.17. The third-order valence-corrected chi connectivity index (χ3v) is 3.37. The summed E-state index contributed by atoms with van der Waals surface area (Å²) in [4.78, 5) is 4.43. The zero-order valence-corrected chi connectivity index (χ0v) is 10.5. The number of rotatable bonds is 5. The Hall–Kier alpha value is -1.23. The summed E-state index contributed by atoms with van der Waals surface area (Å²) in [6.07, 6.45) is 4.54. The van der Waals surface area contributed by atoms with Gasteiger partial charge >= 0.3 is 0 Å². The number of aryl methyl sites for hydroxylation is 2. The number of hydrogen-bond donors (Lipinski definition) is 2. The van der Waals surface area contributed by atoms with E-state index in [2.05, 4.69) is 34.3 Å². The predicted octanol–water partition coefficient (Wildman–Crippen LogP) is 1.32. The topological polar surface area (TPSA) is 70.9 Å². The lowest BCUT2D eigenvalue weighted by molar-refractivity contribution is -0.0203. The van der Waals surface area contributed by atoms with Crippen molar-refractivity contribution in [1.82, 2.24) is 15.2 Å². The average molecular weight is 236 g/mol. The summed E-state index contributed by atoms with van der Waals surface area (Å²) in [7, 11) is 0. The highest BCUT2D eigenvalue weighted by molar-refractivity contribution is 5.26. The summed E-state index contributed by atoms with van der Waals surface area (Å²) >= 11 is 0. The molecule has 5 nitrogen and oxygen atoms in total.